The summed E-state index contributed by atoms with van der Waals surface area (Å²) < 4.78 is 10.2. The lowest BCUT2D eigenvalue weighted by molar-refractivity contribution is 0.183. The highest BCUT2D eigenvalue weighted by molar-refractivity contribution is 5.52. The highest BCUT2D eigenvalue weighted by Crippen LogP contribution is 2.06. The molecule has 14 heavy (non-hydrogen) atoms. The van der Waals surface area contributed by atoms with E-state index in [2.05, 4.69) is 18.2 Å². The molecule has 0 N–H and O–H groups in total. The predicted molar refractivity (Wildman–Crippen MR) is 58.2 cm³/mol. The summed E-state index contributed by atoms with van der Waals surface area (Å²) in [6.45, 7) is 1.23. The molecule has 2 heteroatoms. The molecular formula is C12H16O2. The van der Waals surface area contributed by atoms with E-state index in [1.807, 2.05) is 18.2 Å². The van der Waals surface area contributed by atoms with Crippen molar-refractivity contribution in [2.75, 3.05) is 27.4 Å². The third-order valence-electron chi connectivity index (χ3n) is 1.83. The number of rotatable bonds is 5. The molecule has 0 aromatic heterocycles. The van der Waals surface area contributed by atoms with Gasteiger partial charge in [-0.3, -0.25) is 0 Å². The van der Waals surface area contributed by atoms with Crippen LogP contribution in [0.15, 0.2) is 35.9 Å². The Morgan fingerprint density at radius 3 is 2.14 bits per heavy atom. The molecule has 0 bridgehead atoms. The van der Waals surface area contributed by atoms with Crippen molar-refractivity contribution in [3.05, 3.63) is 41.5 Å². The lowest BCUT2D eigenvalue weighted by Crippen LogP contribution is -2.01. The first-order valence-electron chi connectivity index (χ1n) is 4.59. The van der Waals surface area contributed by atoms with Crippen LogP contribution in [-0.2, 0) is 9.47 Å². The second kappa shape index (κ2) is 6.35. The smallest absolute Gasteiger partial charge is 0.0698 e. The van der Waals surface area contributed by atoms with E-state index in [9.17, 15) is 0 Å². The van der Waals surface area contributed by atoms with E-state index >= 15 is 0 Å². The highest BCUT2D eigenvalue weighted by atomic mass is 16.5. The molecule has 1 aromatic rings. The average molecular weight is 192 g/mol. The lowest BCUT2D eigenvalue weighted by Gasteiger charge is -2.04. The van der Waals surface area contributed by atoms with E-state index in [1.54, 1.807) is 14.2 Å². The number of methoxy groups -OCH3 is 2. The minimum Gasteiger partial charge on any atom is -0.380 e. The second-order valence-electron chi connectivity index (χ2n) is 3.08. The van der Waals surface area contributed by atoms with Crippen LogP contribution in [0.3, 0.4) is 0 Å². The minimum absolute atomic E-state index is 0.614. The molecule has 2 nitrogen and oxygen atoms in total. The van der Waals surface area contributed by atoms with Crippen LogP contribution in [0.25, 0.3) is 6.08 Å². The lowest BCUT2D eigenvalue weighted by atomic mass is 10.1. The zero-order chi connectivity index (χ0) is 10.2. The molecule has 0 aliphatic rings. The Bertz CT molecular complexity index is 270. The number of benzene rings is 1. The van der Waals surface area contributed by atoms with Crippen LogP contribution in [0.1, 0.15) is 5.56 Å². The quantitative estimate of drug-likeness (QED) is 0.713. The second-order valence-corrected chi connectivity index (χ2v) is 3.08. The molecule has 1 rings (SSSR count). The first kappa shape index (κ1) is 11.0. The summed E-state index contributed by atoms with van der Waals surface area (Å²) in [5.74, 6) is 0. The monoisotopic (exact) mass is 192 g/mol. The molecule has 0 aliphatic carbocycles. The van der Waals surface area contributed by atoms with Crippen molar-refractivity contribution in [1.82, 2.24) is 0 Å². The molecular weight excluding hydrogens is 176 g/mol. The van der Waals surface area contributed by atoms with Gasteiger partial charge in [-0.2, -0.15) is 0 Å². The van der Waals surface area contributed by atoms with Crippen molar-refractivity contribution in [2.45, 2.75) is 0 Å². The van der Waals surface area contributed by atoms with Crippen LogP contribution in [0.5, 0.6) is 0 Å². The van der Waals surface area contributed by atoms with E-state index in [-0.39, 0.29) is 0 Å². The fourth-order valence-electron chi connectivity index (χ4n) is 1.28. The number of hydrogen-bond acceptors (Lipinski definition) is 2. The van der Waals surface area contributed by atoms with Gasteiger partial charge in [-0.05, 0) is 11.1 Å². The summed E-state index contributed by atoms with van der Waals surface area (Å²) in [5, 5.41) is 0. The van der Waals surface area contributed by atoms with Crippen LogP contribution in [0, 0.1) is 0 Å². The van der Waals surface area contributed by atoms with Gasteiger partial charge >= 0.3 is 0 Å². The minimum atomic E-state index is 0.614. The highest BCUT2D eigenvalue weighted by Gasteiger charge is 1.96. The van der Waals surface area contributed by atoms with Gasteiger partial charge < -0.3 is 9.47 Å². The molecule has 0 spiro atoms. The van der Waals surface area contributed by atoms with Gasteiger partial charge in [0.05, 0.1) is 13.2 Å². The normalized spacial score (nSPS) is 9.86. The standard InChI is InChI=1S/C12H16O2/c1-13-9-12(10-14-2)8-11-6-4-3-5-7-11/h3-8H,9-10H2,1-2H3. The molecule has 0 saturated carbocycles. The van der Waals surface area contributed by atoms with Gasteiger partial charge in [-0.1, -0.05) is 36.4 Å². The first-order valence-corrected chi connectivity index (χ1v) is 4.59. The Morgan fingerprint density at radius 1 is 1.07 bits per heavy atom. The third kappa shape index (κ3) is 3.73. The molecule has 1 aromatic carbocycles. The zero-order valence-corrected chi connectivity index (χ0v) is 8.69. The number of ether oxygens (including phenoxy) is 2. The van der Waals surface area contributed by atoms with Gasteiger partial charge in [-0.25, -0.2) is 0 Å². The van der Waals surface area contributed by atoms with E-state index < -0.39 is 0 Å². The van der Waals surface area contributed by atoms with Crippen LogP contribution < -0.4 is 0 Å². The van der Waals surface area contributed by atoms with Crippen LogP contribution in [0.2, 0.25) is 0 Å². The fraction of sp³-hybridized carbons (Fsp3) is 0.333. The third-order valence-corrected chi connectivity index (χ3v) is 1.83. The first-order chi connectivity index (χ1) is 6.86. The van der Waals surface area contributed by atoms with Crippen molar-refractivity contribution in [1.29, 1.82) is 0 Å². The Balaban J connectivity index is 2.71. The summed E-state index contributed by atoms with van der Waals surface area (Å²) in [6, 6.07) is 10.2. The van der Waals surface area contributed by atoms with Crippen molar-refractivity contribution in [3.8, 4) is 0 Å². The van der Waals surface area contributed by atoms with E-state index in [1.165, 1.54) is 5.56 Å². The molecule has 76 valence electrons. The molecule has 0 unspecified atom stereocenters. The molecule has 0 aliphatic heterocycles. The van der Waals surface area contributed by atoms with Gasteiger partial charge in [-0.15, -0.1) is 0 Å². The molecule has 0 fully saturated rings. The fourth-order valence-corrected chi connectivity index (χ4v) is 1.28. The van der Waals surface area contributed by atoms with Crippen molar-refractivity contribution < 1.29 is 9.47 Å². The maximum Gasteiger partial charge on any atom is 0.0698 e. The average Bonchev–Trinajstić information content (AvgIpc) is 2.20. The molecule has 0 atom stereocenters. The van der Waals surface area contributed by atoms with E-state index in [0.29, 0.717) is 13.2 Å². The summed E-state index contributed by atoms with van der Waals surface area (Å²) in [6.07, 6.45) is 2.09. The van der Waals surface area contributed by atoms with E-state index in [4.69, 9.17) is 9.47 Å². The van der Waals surface area contributed by atoms with Gasteiger partial charge in [0.15, 0.2) is 0 Å². The van der Waals surface area contributed by atoms with Crippen molar-refractivity contribution in [3.63, 3.8) is 0 Å². The SMILES string of the molecule is COCC(=Cc1ccccc1)COC. The van der Waals surface area contributed by atoms with Crippen LogP contribution >= 0.6 is 0 Å². The largest absolute Gasteiger partial charge is 0.380 e. The molecule has 0 saturated heterocycles. The van der Waals surface area contributed by atoms with Gasteiger partial charge in [0, 0.05) is 14.2 Å². The Labute approximate surface area is 85.2 Å². The number of hydrogen-bond donors (Lipinski definition) is 0. The Hall–Kier alpha value is -1.12. The maximum absolute atomic E-state index is 5.08. The Morgan fingerprint density at radius 2 is 1.64 bits per heavy atom. The zero-order valence-electron chi connectivity index (χ0n) is 8.69. The topological polar surface area (TPSA) is 18.5 Å². The summed E-state index contributed by atoms with van der Waals surface area (Å²) >= 11 is 0. The van der Waals surface area contributed by atoms with Gasteiger partial charge in [0.1, 0.15) is 0 Å². The maximum atomic E-state index is 5.08. The predicted octanol–water partition coefficient (Wildman–Crippen LogP) is 2.36. The summed E-state index contributed by atoms with van der Waals surface area (Å²) in [4.78, 5) is 0. The van der Waals surface area contributed by atoms with E-state index in [0.717, 1.165) is 5.57 Å². The Kier molecular flexibility index (Phi) is 4.97. The van der Waals surface area contributed by atoms with Gasteiger partial charge in [0.25, 0.3) is 0 Å². The van der Waals surface area contributed by atoms with Crippen LogP contribution in [-0.4, -0.2) is 27.4 Å². The van der Waals surface area contributed by atoms with Crippen molar-refractivity contribution in [2.24, 2.45) is 0 Å². The molecule has 0 radical (unpaired) electrons. The molecule has 0 heterocycles. The van der Waals surface area contributed by atoms with Crippen LogP contribution in [0.4, 0.5) is 0 Å². The van der Waals surface area contributed by atoms with Gasteiger partial charge in [0.2, 0.25) is 0 Å². The summed E-state index contributed by atoms with van der Waals surface area (Å²) in [7, 11) is 3.38. The molecule has 0 amide bonds. The van der Waals surface area contributed by atoms with Crippen molar-refractivity contribution >= 4 is 6.08 Å². The summed E-state index contributed by atoms with van der Waals surface area (Å²) in [5.41, 5.74) is 2.32.